The summed E-state index contributed by atoms with van der Waals surface area (Å²) in [6, 6.07) is 11.1. The molecule has 0 bridgehead atoms. The summed E-state index contributed by atoms with van der Waals surface area (Å²) in [4.78, 5) is 26.1. The molecule has 7 heteroatoms. The standard InChI is InChI=1S/C24H25N3O4/c1-13-6-8-18(14(2)10-13)27-24-22(15(3)26-27)17(12-21(28)25-24)23(29)16-7-9-19(30-4)20(11-16)31-5/h6-11,17H,12H2,1-5H3,(H,25,28)/t17-/m1/s1. The van der Waals surface area contributed by atoms with Crippen molar-refractivity contribution in [1.29, 1.82) is 0 Å². The number of anilines is 1. The first kappa shape index (κ1) is 20.7. The highest BCUT2D eigenvalue weighted by atomic mass is 16.5. The van der Waals surface area contributed by atoms with E-state index in [9.17, 15) is 9.59 Å². The van der Waals surface area contributed by atoms with E-state index >= 15 is 0 Å². The molecule has 1 aliphatic rings. The Kier molecular flexibility index (Phi) is 5.27. The van der Waals surface area contributed by atoms with E-state index < -0.39 is 5.92 Å². The van der Waals surface area contributed by atoms with Crippen LogP contribution in [-0.4, -0.2) is 35.7 Å². The normalized spacial score (nSPS) is 15.3. The quantitative estimate of drug-likeness (QED) is 0.629. The number of carbonyl (C=O) groups excluding carboxylic acids is 2. The highest BCUT2D eigenvalue weighted by Crippen LogP contribution is 2.39. The summed E-state index contributed by atoms with van der Waals surface area (Å²) in [6.07, 6.45) is 0.0690. The fourth-order valence-corrected chi connectivity index (χ4v) is 4.18. The van der Waals surface area contributed by atoms with Crippen molar-refractivity contribution in [2.75, 3.05) is 19.5 Å². The first-order valence-electron chi connectivity index (χ1n) is 10.1. The minimum atomic E-state index is -0.624. The minimum absolute atomic E-state index is 0.0690. The number of aryl methyl sites for hydroxylation is 3. The lowest BCUT2D eigenvalue weighted by atomic mass is 9.85. The monoisotopic (exact) mass is 419 g/mol. The third-order valence-corrected chi connectivity index (χ3v) is 5.67. The van der Waals surface area contributed by atoms with Gasteiger partial charge in [0.15, 0.2) is 17.3 Å². The molecule has 7 nitrogen and oxygen atoms in total. The number of benzene rings is 2. The average molecular weight is 419 g/mol. The predicted molar refractivity (Wildman–Crippen MR) is 118 cm³/mol. The lowest BCUT2D eigenvalue weighted by Gasteiger charge is -2.23. The number of Topliss-reactive ketones (excluding diaryl/α,β-unsaturated/α-hetero) is 1. The summed E-state index contributed by atoms with van der Waals surface area (Å²) < 4.78 is 12.3. The number of amides is 1. The molecule has 0 radical (unpaired) electrons. The van der Waals surface area contributed by atoms with Crippen molar-refractivity contribution < 1.29 is 19.1 Å². The molecule has 2 aromatic carbocycles. The zero-order valence-electron chi connectivity index (χ0n) is 18.3. The molecule has 0 fully saturated rings. The van der Waals surface area contributed by atoms with E-state index in [2.05, 4.69) is 16.5 Å². The van der Waals surface area contributed by atoms with Crippen molar-refractivity contribution >= 4 is 17.5 Å². The average Bonchev–Trinajstić information content (AvgIpc) is 3.08. The molecule has 160 valence electrons. The fourth-order valence-electron chi connectivity index (χ4n) is 4.18. The maximum atomic E-state index is 13.5. The van der Waals surface area contributed by atoms with Gasteiger partial charge in [0.1, 0.15) is 5.82 Å². The molecular weight excluding hydrogens is 394 g/mol. The Balaban J connectivity index is 1.81. The highest BCUT2D eigenvalue weighted by molar-refractivity contribution is 6.08. The van der Waals surface area contributed by atoms with Crippen LogP contribution in [0.15, 0.2) is 36.4 Å². The van der Waals surface area contributed by atoms with Crippen LogP contribution in [0.5, 0.6) is 11.5 Å². The summed E-state index contributed by atoms with van der Waals surface area (Å²) in [5, 5.41) is 7.61. The van der Waals surface area contributed by atoms with Gasteiger partial charge in [0, 0.05) is 17.5 Å². The molecule has 1 aromatic heterocycles. The van der Waals surface area contributed by atoms with Crippen LogP contribution >= 0.6 is 0 Å². The van der Waals surface area contributed by atoms with Gasteiger partial charge in [0.25, 0.3) is 0 Å². The first-order chi connectivity index (χ1) is 14.8. The third-order valence-electron chi connectivity index (χ3n) is 5.67. The van der Waals surface area contributed by atoms with E-state index in [1.165, 1.54) is 7.11 Å². The van der Waals surface area contributed by atoms with Crippen molar-refractivity contribution in [1.82, 2.24) is 9.78 Å². The van der Waals surface area contributed by atoms with Crippen LogP contribution in [0.3, 0.4) is 0 Å². The van der Waals surface area contributed by atoms with Crippen molar-refractivity contribution in [2.45, 2.75) is 33.1 Å². The highest BCUT2D eigenvalue weighted by Gasteiger charge is 2.36. The second-order valence-electron chi connectivity index (χ2n) is 7.79. The SMILES string of the molecule is COc1ccc(C(=O)[C@@H]2CC(=O)Nc3c2c(C)nn3-c2ccc(C)cc2C)cc1OC. The summed E-state index contributed by atoms with van der Waals surface area (Å²) in [7, 11) is 3.07. The Morgan fingerprint density at radius 2 is 1.81 bits per heavy atom. The second kappa shape index (κ2) is 7.91. The van der Waals surface area contributed by atoms with Crippen LogP contribution in [-0.2, 0) is 4.79 Å². The number of aromatic nitrogens is 2. The number of carbonyl (C=O) groups is 2. The number of hydrogen-bond acceptors (Lipinski definition) is 5. The molecule has 31 heavy (non-hydrogen) atoms. The zero-order chi connectivity index (χ0) is 22.3. The van der Waals surface area contributed by atoms with Gasteiger partial charge in [-0.25, -0.2) is 4.68 Å². The fraction of sp³-hybridized carbons (Fsp3) is 0.292. The second-order valence-corrected chi connectivity index (χ2v) is 7.79. The van der Waals surface area contributed by atoms with Gasteiger partial charge in [-0.15, -0.1) is 0 Å². The smallest absolute Gasteiger partial charge is 0.226 e. The first-order valence-corrected chi connectivity index (χ1v) is 10.1. The molecule has 0 unspecified atom stereocenters. The number of ketones is 1. The van der Waals surface area contributed by atoms with Gasteiger partial charge < -0.3 is 14.8 Å². The van der Waals surface area contributed by atoms with Crippen molar-refractivity contribution in [3.8, 4) is 17.2 Å². The Morgan fingerprint density at radius 1 is 1.06 bits per heavy atom. The zero-order valence-corrected chi connectivity index (χ0v) is 18.3. The molecule has 1 atom stereocenters. The summed E-state index contributed by atoms with van der Waals surface area (Å²) in [5.74, 6) is 0.579. The van der Waals surface area contributed by atoms with Crippen LogP contribution < -0.4 is 14.8 Å². The maximum Gasteiger partial charge on any atom is 0.226 e. The van der Waals surface area contributed by atoms with Crippen LogP contribution in [0.4, 0.5) is 5.82 Å². The predicted octanol–water partition coefficient (Wildman–Crippen LogP) is 4.12. The number of hydrogen-bond donors (Lipinski definition) is 1. The lowest BCUT2D eigenvalue weighted by Crippen LogP contribution is -2.28. The third kappa shape index (κ3) is 3.56. The molecule has 0 saturated heterocycles. The Morgan fingerprint density at radius 3 is 2.48 bits per heavy atom. The Hall–Kier alpha value is -3.61. The summed E-state index contributed by atoms with van der Waals surface area (Å²) in [6.45, 7) is 5.90. The van der Waals surface area contributed by atoms with Crippen LogP contribution in [0.25, 0.3) is 5.69 Å². The van der Waals surface area contributed by atoms with Crippen LogP contribution in [0, 0.1) is 20.8 Å². The van der Waals surface area contributed by atoms with Gasteiger partial charge in [0.05, 0.1) is 31.5 Å². The van der Waals surface area contributed by atoms with Gasteiger partial charge in [-0.3, -0.25) is 9.59 Å². The van der Waals surface area contributed by atoms with E-state index in [1.54, 1.807) is 30.0 Å². The van der Waals surface area contributed by atoms with Crippen LogP contribution in [0.1, 0.15) is 45.1 Å². The number of rotatable bonds is 5. The maximum absolute atomic E-state index is 13.5. The molecule has 0 saturated carbocycles. The van der Waals surface area contributed by atoms with Crippen molar-refractivity contribution in [3.63, 3.8) is 0 Å². The van der Waals surface area contributed by atoms with E-state index in [0.717, 1.165) is 22.4 Å². The molecule has 2 heterocycles. The van der Waals surface area contributed by atoms with Gasteiger partial charge in [-0.1, -0.05) is 17.7 Å². The van der Waals surface area contributed by atoms with E-state index in [0.29, 0.717) is 28.6 Å². The van der Waals surface area contributed by atoms with Gasteiger partial charge in [-0.05, 0) is 50.6 Å². The molecule has 1 amide bonds. The molecule has 1 N–H and O–H groups in total. The number of nitrogens with one attached hydrogen (secondary N) is 1. The Bertz CT molecular complexity index is 1200. The molecular formula is C24H25N3O4. The molecule has 0 aliphatic carbocycles. The number of fused-ring (bicyclic) bond motifs is 1. The largest absolute Gasteiger partial charge is 0.493 e. The summed E-state index contributed by atoms with van der Waals surface area (Å²) in [5.41, 5.74) is 4.97. The van der Waals surface area contributed by atoms with Crippen molar-refractivity contribution in [3.05, 3.63) is 64.3 Å². The van der Waals surface area contributed by atoms with Gasteiger partial charge >= 0.3 is 0 Å². The number of methoxy groups -OCH3 is 2. The van der Waals surface area contributed by atoms with Crippen molar-refractivity contribution in [2.24, 2.45) is 0 Å². The van der Waals surface area contributed by atoms with E-state index in [-0.39, 0.29) is 18.1 Å². The van der Waals surface area contributed by atoms with Crippen LogP contribution in [0.2, 0.25) is 0 Å². The van der Waals surface area contributed by atoms with E-state index in [4.69, 9.17) is 9.47 Å². The Labute approximate surface area is 181 Å². The topological polar surface area (TPSA) is 82.5 Å². The number of ether oxygens (including phenoxy) is 2. The molecule has 1 aliphatic heterocycles. The van der Waals surface area contributed by atoms with Gasteiger partial charge in [0.2, 0.25) is 5.91 Å². The molecule has 4 rings (SSSR count). The van der Waals surface area contributed by atoms with Gasteiger partial charge in [-0.2, -0.15) is 5.10 Å². The molecule has 0 spiro atoms. The number of nitrogens with zero attached hydrogens (tertiary/aromatic N) is 2. The van der Waals surface area contributed by atoms with E-state index in [1.807, 2.05) is 32.9 Å². The lowest BCUT2D eigenvalue weighted by molar-refractivity contribution is -0.116. The minimum Gasteiger partial charge on any atom is -0.493 e. The molecule has 3 aromatic rings. The summed E-state index contributed by atoms with van der Waals surface area (Å²) >= 11 is 0.